The van der Waals surface area contributed by atoms with Crippen LogP contribution in [0.25, 0.3) is 11.2 Å². The van der Waals surface area contributed by atoms with Gasteiger partial charge in [0, 0.05) is 19.1 Å². The third-order valence-corrected chi connectivity index (χ3v) is 6.95. The van der Waals surface area contributed by atoms with Crippen LogP contribution in [0.2, 0.25) is 0 Å². The van der Waals surface area contributed by atoms with Crippen molar-refractivity contribution in [3.05, 3.63) is 24.5 Å². The number of nitrogen functional groups attached to an aromatic ring is 1. The van der Waals surface area contributed by atoms with Crippen molar-refractivity contribution in [2.75, 3.05) is 33.1 Å². The summed E-state index contributed by atoms with van der Waals surface area (Å²) in [5.74, 6) is 1.76. The summed E-state index contributed by atoms with van der Waals surface area (Å²) in [5.41, 5.74) is 7.33. The number of piperidine rings is 1. The van der Waals surface area contributed by atoms with Crippen molar-refractivity contribution in [2.45, 2.75) is 55.2 Å². The molecule has 0 saturated carbocycles. The molecule has 1 saturated heterocycles. The van der Waals surface area contributed by atoms with E-state index in [1.807, 2.05) is 34.6 Å². The first-order valence-electron chi connectivity index (χ1n) is 11.4. The number of hydrogen-bond acceptors (Lipinski definition) is 9. The van der Waals surface area contributed by atoms with Crippen molar-refractivity contribution in [3.63, 3.8) is 0 Å². The SMILES string of the molecule is CCOC(=O)N1CCCCC1CCn1c(Sc2cc(OC)ccc2OC)nc2c(N)ncnc21. The molecule has 1 atom stereocenters. The summed E-state index contributed by atoms with van der Waals surface area (Å²) >= 11 is 1.45. The molecule has 0 bridgehead atoms. The Hall–Kier alpha value is -3.21. The Morgan fingerprint density at radius 3 is 2.85 bits per heavy atom. The summed E-state index contributed by atoms with van der Waals surface area (Å²) in [5, 5.41) is 0.715. The fourth-order valence-corrected chi connectivity index (χ4v) is 5.25. The number of aromatic nitrogens is 4. The van der Waals surface area contributed by atoms with E-state index in [0.717, 1.165) is 36.3 Å². The van der Waals surface area contributed by atoms with Crippen LogP contribution >= 0.6 is 11.8 Å². The van der Waals surface area contributed by atoms with Crippen LogP contribution in [0.5, 0.6) is 11.5 Å². The molecular weight excluding hydrogens is 456 g/mol. The topological polar surface area (TPSA) is 118 Å². The molecule has 1 aromatic carbocycles. The van der Waals surface area contributed by atoms with E-state index < -0.39 is 0 Å². The van der Waals surface area contributed by atoms with Gasteiger partial charge in [0.1, 0.15) is 17.8 Å². The number of carbonyl (C=O) groups excluding carboxylic acids is 1. The minimum atomic E-state index is -0.245. The smallest absolute Gasteiger partial charge is 0.409 e. The number of carbonyl (C=O) groups is 1. The van der Waals surface area contributed by atoms with Crippen LogP contribution < -0.4 is 15.2 Å². The molecule has 4 rings (SSSR count). The van der Waals surface area contributed by atoms with Crippen molar-refractivity contribution in [1.29, 1.82) is 0 Å². The van der Waals surface area contributed by atoms with E-state index in [-0.39, 0.29) is 12.1 Å². The van der Waals surface area contributed by atoms with Crippen LogP contribution in [0.15, 0.2) is 34.6 Å². The largest absolute Gasteiger partial charge is 0.497 e. The van der Waals surface area contributed by atoms with Crippen molar-refractivity contribution in [1.82, 2.24) is 24.4 Å². The predicted molar refractivity (Wildman–Crippen MR) is 129 cm³/mol. The number of nitrogens with zero attached hydrogens (tertiary/aromatic N) is 5. The molecule has 11 heteroatoms. The van der Waals surface area contributed by atoms with Crippen LogP contribution in [0.1, 0.15) is 32.6 Å². The molecule has 2 aromatic heterocycles. The Labute approximate surface area is 202 Å². The van der Waals surface area contributed by atoms with Gasteiger partial charge in [-0.05, 0) is 62.6 Å². The summed E-state index contributed by atoms with van der Waals surface area (Å²) in [7, 11) is 3.26. The van der Waals surface area contributed by atoms with E-state index in [9.17, 15) is 4.79 Å². The minimum absolute atomic E-state index is 0.0913. The molecule has 10 nitrogen and oxygen atoms in total. The van der Waals surface area contributed by atoms with Gasteiger partial charge >= 0.3 is 6.09 Å². The number of anilines is 1. The van der Waals surface area contributed by atoms with E-state index in [1.165, 1.54) is 18.1 Å². The summed E-state index contributed by atoms with van der Waals surface area (Å²) < 4.78 is 18.3. The lowest BCUT2D eigenvalue weighted by Crippen LogP contribution is -2.44. The lowest BCUT2D eigenvalue weighted by atomic mass is 10.00. The molecule has 182 valence electrons. The molecule has 0 spiro atoms. The molecule has 1 unspecified atom stereocenters. The third kappa shape index (κ3) is 4.98. The van der Waals surface area contributed by atoms with Gasteiger partial charge in [-0.1, -0.05) is 0 Å². The van der Waals surface area contributed by atoms with Gasteiger partial charge in [-0.3, -0.25) is 0 Å². The highest BCUT2D eigenvalue weighted by molar-refractivity contribution is 7.99. The Balaban J connectivity index is 1.65. The number of likely N-dealkylation sites (tertiary alicyclic amines) is 1. The van der Waals surface area contributed by atoms with Crippen LogP contribution in [0.3, 0.4) is 0 Å². The van der Waals surface area contributed by atoms with Crippen LogP contribution in [0, 0.1) is 0 Å². The van der Waals surface area contributed by atoms with Gasteiger partial charge in [-0.25, -0.2) is 19.7 Å². The number of methoxy groups -OCH3 is 2. The maximum Gasteiger partial charge on any atom is 0.409 e. The van der Waals surface area contributed by atoms with Gasteiger partial charge in [0.25, 0.3) is 0 Å². The van der Waals surface area contributed by atoms with Crippen LogP contribution in [-0.4, -0.2) is 63.9 Å². The second-order valence-electron chi connectivity index (χ2n) is 7.93. The number of aryl methyl sites for hydroxylation is 1. The number of benzene rings is 1. The average molecular weight is 487 g/mol. The predicted octanol–water partition coefficient (Wildman–Crippen LogP) is 3.98. The standard InChI is InChI=1S/C23H30N6O4S/c1-4-33-23(30)28-11-6-5-7-15(28)10-12-29-21-19(20(24)25-14-26-21)27-22(29)34-18-13-16(31-2)8-9-17(18)32-3/h8-9,13-15H,4-7,10-12H2,1-3H3,(H2,24,25,26). The van der Waals surface area contributed by atoms with Crippen molar-refractivity contribution >= 4 is 34.8 Å². The molecule has 1 aliphatic heterocycles. The fourth-order valence-electron chi connectivity index (χ4n) is 4.20. The lowest BCUT2D eigenvalue weighted by molar-refractivity contribution is 0.0732. The summed E-state index contributed by atoms with van der Waals surface area (Å²) in [6.45, 7) is 3.52. The van der Waals surface area contributed by atoms with E-state index >= 15 is 0 Å². The van der Waals surface area contributed by atoms with Crippen LogP contribution in [-0.2, 0) is 11.3 Å². The Morgan fingerprint density at radius 1 is 1.24 bits per heavy atom. The van der Waals surface area contributed by atoms with Gasteiger partial charge < -0.3 is 29.4 Å². The monoisotopic (exact) mass is 486 g/mol. The number of amides is 1. The number of rotatable bonds is 8. The van der Waals surface area contributed by atoms with Crippen LogP contribution in [0.4, 0.5) is 10.6 Å². The zero-order chi connectivity index (χ0) is 24.1. The second-order valence-corrected chi connectivity index (χ2v) is 8.94. The van der Waals surface area contributed by atoms with Gasteiger partial charge in [-0.2, -0.15) is 0 Å². The normalized spacial score (nSPS) is 16.0. The molecule has 0 aliphatic carbocycles. The summed E-state index contributed by atoms with van der Waals surface area (Å²) in [4.78, 5) is 28.5. The molecular formula is C23H30N6O4S. The van der Waals surface area contributed by atoms with E-state index in [4.69, 9.17) is 24.9 Å². The van der Waals surface area contributed by atoms with Gasteiger partial charge in [0.15, 0.2) is 22.1 Å². The molecule has 34 heavy (non-hydrogen) atoms. The number of hydrogen-bond donors (Lipinski definition) is 1. The van der Waals surface area contributed by atoms with Crippen molar-refractivity contribution in [2.24, 2.45) is 0 Å². The number of fused-ring (bicyclic) bond motifs is 1. The first-order chi connectivity index (χ1) is 16.5. The van der Waals surface area contributed by atoms with E-state index in [2.05, 4.69) is 9.97 Å². The molecule has 2 N–H and O–H groups in total. The maximum atomic E-state index is 12.5. The van der Waals surface area contributed by atoms with E-state index in [1.54, 1.807) is 14.2 Å². The molecule has 3 heterocycles. The zero-order valence-corrected chi connectivity index (χ0v) is 20.5. The van der Waals surface area contributed by atoms with Gasteiger partial charge in [0.2, 0.25) is 0 Å². The average Bonchev–Trinajstić information content (AvgIpc) is 3.21. The minimum Gasteiger partial charge on any atom is -0.497 e. The summed E-state index contributed by atoms with van der Waals surface area (Å²) in [6, 6.07) is 5.71. The highest BCUT2D eigenvalue weighted by atomic mass is 32.2. The Bertz CT molecular complexity index is 1150. The molecule has 3 aromatic rings. The Morgan fingerprint density at radius 2 is 2.09 bits per heavy atom. The van der Waals surface area contributed by atoms with Gasteiger partial charge in [-0.15, -0.1) is 0 Å². The zero-order valence-electron chi connectivity index (χ0n) is 19.7. The quantitative estimate of drug-likeness (QED) is 0.504. The number of ether oxygens (including phenoxy) is 3. The molecule has 1 amide bonds. The summed E-state index contributed by atoms with van der Waals surface area (Å²) in [6.07, 6.45) is 4.96. The van der Waals surface area contributed by atoms with Gasteiger partial charge in [0.05, 0.1) is 25.7 Å². The second kappa shape index (κ2) is 10.8. The maximum absolute atomic E-state index is 12.5. The van der Waals surface area contributed by atoms with Crippen molar-refractivity contribution in [3.8, 4) is 11.5 Å². The molecule has 1 fully saturated rings. The fraction of sp³-hybridized carbons (Fsp3) is 0.478. The lowest BCUT2D eigenvalue weighted by Gasteiger charge is -2.35. The molecule has 1 aliphatic rings. The number of imidazole rings is 1. The Kier molecular flexibility index (Phi) is 7.61. The number of nitrogens with two attached hydrogens (primary N) is 1. The first kappa shape index (κ1) is 23.9. The van der Waals surface area contributed by atoms with E-state index in [0.29, 0.717) is 47.6 Å². The van der Waals surface area contributed by atoms with Crippen molar-refractivity contribution < 1.29 is 19.0 Å². The first-order valence-corrected chi connectivity index (χ1v) is 12.2. The molecule has 0 radical (unpaired) electrons. The third-order valence-electron chi connectivity index (χ3n) is 5.91. The highest BCUT2D eigenvalue weighted by Crippen LogP contribution is 2.38. The highest BCUT2D eigenvalue weighted by Gasteiger charge is 2.28.